The van der Waals surface area contributed by atoms with Gasteiger partial charge in [-0.1, -0.05) is 24.6 Å². The van der Waals surface area contributed by atoms with Crippen LogP contribution < -0.4 is 15.1 Å². The van der Waals surface area contributed by atoms with Crippen LogP contribution in [-0.2, 0) is 4.79 Å². The van der Waals surface area contributed by atoms with Gasteiger partial charge in [0.2, 0.25) is 0 Å². The largest absolute Gasteiger partial charge is 0.484 e. The maximum absolute atomic E-state index is 14.8. The molecule has 0 saturated heterocycles. The molecule has 31 heavy (non-hydrogen) atoms. The first-order valence-electron chi connectivity index (χ1n) is 10.2. The fourth-order valence-electron chi connectivity index (χ4n) is 3.73. The summed E-state index contributed by atoms with van der Waals surface area (Å²) in [6.07, 6.45) is 4.47. The van der Waals surface area contributed by atoms with Gasteiger partial charge in [-0.05, 0) is 69.2 Å². The van der Waals surface area contributed by atoms with Gasteiger partial charge in [-0.2, -0.15) is 5.10 Å². The van der Waals surface area contributed by atoms with Gasteiger partial charge >= 0.3 is 0 Å². The van der Waals surface area contributed by atoms with Crippen molar-refractivity contribution in [3.8, 4) is 5.75 Å². The van der Waals surface area contributed by atoms with Crippen molar-refractivity contribution in [2.75, 3.05) is 18.1 Å². The molecule has 1 aliphatic heterocycles. The number of amides is 1. The Morgan fingerprint density at radius 2 is 2.00 bits per heavy atom. The van der Waals surface area contributed by atoms with E-state index in [1.807, 2.05) is 6.92 Å². The summed E-state index contributed by atoms with van der Waals surface area (Å²) in [7, 11) is 0. The number of hydrazone groups is 1. The summed E-state index contributed by atoms with van der Waals surface area (Å²) in [6, 6.07) is 10.0. The fourth-order valence-corrected chi connectivity index (χ4v) is 3.86. The number of benzene rings is 2. The Balaban J connectivity index is 1.69. The molecule has 0 spiro atoms. The van der Waals surface area contributed by atoms with E-state index in [1.165, 1.54) is 6.21 Å². The molecule has 0 unspecified atom stereocenters. The lowest BCUT2D eigenvalue weighted by Crippen LogP contribution is -2.45. The molecule has 1 heterocycles. The summed E-state index contributed by atoms with van der Waals surface area (Å²) >= 11 is 5.81. The second kappa shape index (κ2) is 9.52. The van der Waals surface area contributed by atoms with E-state index in [0.717, 1.165) is 29.8 Å². The number of hydrogen-bond acceptors (Lipinski definition) is 4. The average molecular weight is 444 g/mol. The van der Waals surface area contributed by atoms with Crippen molar-refractivity contribution in [2.45, 2.75) is 39.7 Å². The lowest BCUT2D eigenvalue weighted by Gasteiger charge is -2.43. The molecule has 0 saturated carbocycles. The number of allylic oxidation sites excluding steroid dienone is 1. The monoisotopic (exact) mass is 443 g/mol. The third-order valence-corrected chi connectivity index (χ3v) is 5.37. The summed E-state index contributed by atoms with van der Waals surface area (Å²) < 4.78 is 20.2. The molecule has 0 radical (unpaired) electrons. The molecule has 1 amide bonds. The number of anilines is 1. The van der Waals surface area contributed by atoms with Gasteiger partial charge in [0.25, 0.3) is 5.91 Å². The summed E-state index contributed by atoms with van der Waals surface area (Å²) in [4.78, 5) is 14.2. The minimum absolute atomic E-state index is 0.187. The first kappa shape index (κ1) is 22.8. The summed E-state index contributed by atoms with van der Waals surface area (Å²) in [5.74, 6) is -0.316. The number of fused-ring (bicyclic) bond motifs is 1. The molecule has 2 aromatic carbocycles. The van der Waals surface area contributed by atoms with Gasteiger partial charge < -0.3 is 9.64 Å². The molecule has 0 fully saturated rings. The molecule has 0 atom stereocenters. The van der Waals surface area contributed by atoms with Gasteiger partial charge in [-0.25, -0.2) is 9.82 Å². The number of nitrogens with zero attached hydrogens (tertiary/aromatic N) is 2. The highest BCUT2D eigenvalue weighted by Crippen LogP contribution is 2.39. The highest BCUT2D eigenvalue weighted by Gasteiger charge is 2.31. The van der Waals surface area contributed by atoms with E-state index in [0.29, 0.717) is 16.3 Å². The highest BCUT2D eigenvalue weighted by atomic mass is 35.5. The predicted molar refractivity (Wildman–Crippen MR) is 124 cm³/mol. The van der Waals surface area contributed by atoms with Crippen molar-refractivity contribution in [3.63, 3.8) is 0 Å². The number of carbonyl (C=O) groups is 1. The van der Waals surface area contributed by atoms with Gasteiger partial charge in [-0.15, -0.1) is 0 Å². The maximum atomic E-state index is 14.8. The van der Waals surface area contributed by atoms with E-state index in [-0.39, 0.29) is 18.0 Å². The number of nitrogens with one attached hydrogen (secondary N) is 1. The number of hydrogen-bond donors (Lipinski definition) is 1. The fraction of sp³-hybridized carbons (Fsp3) is 0.333. The van der Waals surface area contributed by atoms with E-state index in [9.17, 15) is 9.18 Å². The van der Waals surface area contributed by atoms with Crippen molar-refractivity contribution in [1.29, 1.82) is 0 Å². The van der Waals surface area contributed by atoms with Gasteiger partial charge in [-0.3, -0.25) is 4.79 Å². The Hall–Kier alpha value is -2.86. The molecular formula is C24H27ClFN3O2. The molecule has 0 aliphatic carbocycles. The second-order valence-electron chi connectivity index (χ2n) is 8.06. The Morgan fingerprint density at radius 3 is 2.68 bits per heavy atom. The molecule has 164 valence electrons. The molecule has 0 aromatic heterocycles. The molecule has 5 nitrogen and oxygen atoms in total. The van der Waals surface area contributed by atoms with Crippen molar-refractivity contribution in [1.82, 2.24) is 5.43 Å². The third kappa shape index (κ3) is 5.44. The van der Waals surface area contributed by atoms with Crippen LogP contribution in [0.15, 0.2) is 47.6 Å². The van der Waals surface area contributed by atoms with Crippen molar-refractivity contribution in [2.24, 2.45) is 5.10 Å². The SMILES string of the molecule is CCCN1c2cc(F)c(/C=N\NC(=O)COc3ccc(Cl)cc3)cc2C(C)=CC1(C)C. The quantitative estimate of drug-likeness (QED) is 0.459. The lowest BCUT2D eigenvalue weighted by atomic mass is 9.88. The smallest absolute Gasteiger partial charge is 0.277 e. The number of carbonyl (C=O) groups excluding carboxylic acids is 1. The van der Waals surface area contributed by atoms with E-state index in [2.05, 4.69) is 42.3 Å². The topological polar surface area (TPSA) is 53.9 Å². The summed E-state index contributed by atoms with van der Waals surface area (Å²) in [5.41, 5.74) is 5.41. The molecule has 2 aromatic rings. The molecular weight excluding hydrogens is 417 g/mol. The van der Waals surface area contributed by atoms with E-state index >= 15 is 0 Å². The zero-order chi connectivity index (χ0) is 22.6. The molecule has 3 rings (SSSR count). The standard InChI is InChI=1S/C24H27ClFN3O2/c1-5-10-29-22-12-21(26)17(11-20(22)16(2)13-24(29,3)4)14-27-28-23(30)15-31-19-8-6-18(25)7-9-19/h6-9,11-14H,5,10,15H2,1-4H3,(H,28,30)/b27-14-. The van der Waals surface area contributed by atoms with Crippen LogP contribution in [0.25, 0.3) is 5.57 Å². The predicted octanol–water partition coefficient (Wildman–Crippen LogP) is 5.42. The van der Waals surface area contributed by atoms with Gasteiger partial charge in [0, 0.05) is 28.4 Å². The van der Waals surface area contributed by atoms with Gasteiger partial charge in [0.1, 0.15) is 11.6 Å². The number of halogens is 2. The van der Waals surface area contributed by atoms with Crippen LogP contribution in [0.2, 0.25) is 5.02 Å². The highest BCUT2D eigenvalue weighted by molar-refractivity contribution is 6.30. The van der Waals surface area contributed by atoms with Gasteiger partial charge in [0.15, 0.2) is 6.61 Å². The van der Waals surface area contributed by atoms with Crippen molar-refractivity contribution >= 4 is 35.0 Å². The van der Waals surface area contributed by atoms with Crippen LogP contribution >= 0.6 is 11.6 Å². The molecule has 7 heteroatoms. The van der Waals surface area contributed by atoms with Crippen LogP contribution in [0.3, 0.4) is 0 Å². The first-order valence-corrected chi connectivity index (χ1v) is 10.6. The Bertz CT molecular complexity index is 1020. The Labute approximate surface area is 187 Å². The Kier molecular flexibility index (Phi) is 7.01. The minimum Gasteiger partial charge on any atom is -0.484 e. The zero-order valence-corrected chi connectivity index (χ0v) is 19.0. The maximum Gasteiger partial charge on any atom is 0.277 e. The summed E-state index contributed by atoms with van der Waals surface area (Å²) in [6.45, 7) is 9.01. The van der Waals surface area contributed by atoms with Crippen LogP contribution in [0.4, 0.5) is 10.1 Å². The van der Waals surface area contributed by atoms with Crippen LogP contribution in [0.1, 0.15) is 45.2 Å². The molecule has 1 aliphatic rings. The second-order valence-corrected chi connectivity index (χ2v) is 8.50. The third-order valence-electron chi connectivity index (χ3n) is 5.12. The lowest BCUT2D eigenvalue weighted by molar-refractivity contribution is -0.123. The average Bonchev–Trinajstić information content (AvgIpc) is 2.71. The van der Waals surface area contributed by atoms with Crippen LogP contribution in [-0.4, -0.2) is 30.8 Å². The summed E-state index contributed by atoms with van der Waals surface area (Å²) in [5, 5.41) is 4.47. The van der Waals surface area contributed by atoms with Crippen LogP contribution in [0, 0.1) is 5.82 Å². The van der Waals surface area contributed by atoms with Gasteiger partial charge in [0.05, 0.1) is 11.8 Å². The number of ether oxygens (including phenoxy) is 1. The van der Waals surface area contributed by atoms with E-state index < -0.39 is 5.91 Å². The van der Waals surface area contributed by atoms with E-state index in [1.54, 1.807) is 36.4 Å². The first-order chi connectivity index (χ1) is 14.7. The molecule has 1 N–H and O–H groups in total. The zero-order valence-electron chi connectivity index (χ0n) is 18.2. The van der Waals surface area contributed by atoms with Crippen molar-refractivity contribution < 1.29 is 13.9 Å². The Morgan fingerprint density at radius 1 is 1.29 bits per heavy atom. The van der Waals surface area contributed by atoms with E-state index in [4.69, 9.17) is 16.3 Å². The van der Waals surface area contributed by atoms with Crippen LogP contribution in [0.5, 0.6) is 5.75 Å². The minimum atomic E-state index is -0.448. The molecule has 0 bridgehead atoms. The normalized spacial score (nSPS) is 14.9. The number of rotatable bonds is 7. The van der Waals surface area contributed by atoms with Crippen molar-refractivity contribution in [3.05, 3.63) is 64.4 Å².